The summed E-state index contributed by atoms with van der Waals surface area (Å²) in [6.07, 6.45) is 1.29. The number of hydrogen-bond acceptors (Lipinski definition) is 5. The Labute approximate surface area is 94.8 Å². The molecule has 0 fully saturated rings. The second-order valence-corrected chi connectivity index (χ2v) is 3.47. The number of furan rings is 1. The van der Waals surface area contributed by atoms with Gasteiger partial charge in [0.2, 0.25) is 5.76 Å². The lowest BCUT2D eigenvalue weighted by molar-refractivity contribution is -0.138. The molecule has 0 saturated heterocycles. The quantitative estimate of drug-likeness (QED) is 0.698. The lowest BCUT2D eigenvalue weighted by Crippen LogP contribution is -2.33. The van der Waals surface area contributed by atoms with Gasteiger partial charge in [0.1, 0.15) is 6.04 Å². The summed E-state index contributed by atoms with van der Waals surface area (Å²) in [5, 5.41) is 10.8. The molecular weight excluding hydrogens is 228 g/mol. The van der Waals surface area contributed by atoms with E-state index < -0.39 is 17.6 Å². The second-order valence-electron chi connectivity index (χ2n) is 3.47. The average molecular weight is 238 g/mol. The van der Waals surface area contributed by atoms with E-state index in [1.165, 1.54) is 6.26 Å². The molecule has 1 atom stereocenters. The van der Waals surface area contributed by atoms with Gasteiger partial charge in [0.05, 0.1) is 11.8 Å². The second kappa shape index (κ2) is 4.30. The number of carbonyl (C=O) groups is 1. The summed E-state index contributed by atoms with van der Waals surface area (Å²) in [5.41, 5.74) is 5.03. The normalized spacial score (nSPS) is 12.5. The molecule has 1 unspecified atom stereocenters. The van der Waals surface area contributed by atoms with Gasteiger partial charge in [0, 0.05) is 6.42 Å². The molecule has 0 aliphatic carbocycles. The molecule has 4 N–H and O–H groups in total. The Kier molecular flexibility index (Phi) is 2.84. The average Bonchev–Trinajstić information content (AvgIpc) is 2.89. The number of aliphatic carboxylic acids is 1. The van der Waals surface area contributed by atoms with Crippen molar-refractivity contribution in [3.8, 4) is 11.5 Å². The molecule has 2 aromatic rings. The molecule has 0 aromatic carbocycles. The molecule has 7 nitrogen and oxygen atoms in total. The van der Waals surface area contributed by atoms with Crippen LogP contribution in [-0.2, 0) is 11.2 Å². The van der Waals surface area contributed by atoms with E-state index in [2.05, 4.69) is 5.16 Å². The standard InChI is InChI=1S/C10H10N2O5/c11-6(10(14)15)4-5-8(17-12-9(5)13)7-2-1-3-16-7/h1-3,6H,4,11H2,(H,12,13)(H,14,15). The Morgan fingerprint density at radius 2 is 2.35 bits per heavy atom. The maximum absolute atomic E-state index is 11.5. The fraction of sp³-hybridized carbons (Fsp3) is 0.200. The number of nitrogens with one attached hydrogen (secondary N) is 1. The third kappa shape index (κ3) is 2.13. The van der Waals surface area contributed by atoms with Crippen LogP contribution in [0.15, 0.2) is 32.1 Å². The summed E-state index contributed by atoms with van der Waals surface area (Å²) in [4.78, 5) is 22.1. The van der Waals surface area contributed by atoms with Crippen molar-refractivity contribution in [2.75, 3.05) is 0 Å². The number of rotatable bonds is 4. The van der Waals surface area contributed by atoms with Crippen LogP contribution in [0.3, 0.4) is 0 Å². The molecule has 0 amide bonds. The van der Waals surface area contributed by atoms with Gasteiger partial charge in [-0.2, -0.15) is 5.16 Å². The Hall–Kier alpha value is -2.28. The van der Waals surface area contributed by atoms with Crippen LogP contribution in [0.2, 0.25) is 0 Å². The third-order valence-corrected chi connectivity index (χ3v) is 2.28. The fourth-order valence-electron chi connectivity index (χ4n) is 1.42. The lowest BCUT2D eigenvalue weighted by Gasteiger charge is -2.03. The van der Waals surface area contributed by atoms with E-state index in [1.54, 1.807) is 12.1 Å². The first-order valence-corrected chi connectivity index (χ1v) is 4.82. The van der Waals surface area contributed by atoms with Crippen LogP contribution in [0.25, 0.3) is 11.5 Å². The first-order chi connectivity index (χ1) is 8.09. The van der Waals surface area contributed by atoms with Crippen LogP contribution in [0.5, 0.6) is 0 Å². The van der Waals surface area contributed by atoms with Gasteiger partial charge in [0.25, 0.3) is 5.56 Å². The molecule has 2 aromatic heterocycles. The highest BCUT2D eigenvalue weighted by Crippen LogP contribution is 2.22. The van der Waals surface area contributed by atoms with Crippen molar-refractivity contribution >= 4 is 5.97 Å². The number of H-pyrrole nitrogens is 1. The molecule has 17 heavy (non-hydrogen) atoms. The number of aromatic amines is 1. The first kappa shape index (κ1) is 11.2. The lowest BCUT2D eigenvalue weighted by atomic mass is 10.1. The van der Waals surface area contributed by atoms with Crippen LogP contribution >= 0.6 is 0 Å². The summed E-state index contributed by atoms with van der Waals surface area (Å²) in [6.45, 7) is 0. The Balaban J connectivity index is 2.37. The maximum atomic E-state index is 11.5. The van der Waals surface area contributed by atoms with Crippen LogP contribution in [-0.4, -0.2) is 22.3 Å². The molecule has 0 bridgehead atoms. The molecule has 2 rings (SSSR count). The largest absolute Gasteiger partial charge is 0.480 e. The van der Waals surface area contributed by atoms with E-state index in [0.717, 1.165) is 0 Å². The minimum Gasteiger partial charge on any atom is -0.480 e. The van der Waals surface area contributed by atoms with Gasteiger partial charge >= 0.3 is 5.97 Å². The zero-order valence-corrected chi connectivity index (χ0v) is 8.67. The SMILES string of the molecule is NC(Cc1c(-c2ccco2)o[nH]c1=O)C(=O)O. The summed E-state index contributed by atoms with van der Waals surface area (Å²) in [5.74, 6) is -0.663. The van der Waals surface area contributed by atoms with Gasteiger partial charge in [-0.25, -0.2) is 0 Å². The van der Waals surface area contributed by atoms with Crippen molar-refractivity contribution in [3.05, 3.63) is 34.3 Å². The summed E-state index contributed by atoms with van der Waals surface area (Å²) >= 11 is 0. The van der Waals surface area contributed by atoms with Crippen molar-refractivity contribution in [1.82, 2.24) is 5.16 Å². The Morgan fingerprint density at radius 1 is 1.59 bits per heavy atom. The zero-order chi connectivity index (χ0) is 12.4. The van der Waals surface area contributed by atoms with Gasteiger partial charge in [-0.3, -0.25) is 9.59 Å². The van der Waals surface area contributed by atoms with E-state index in [0.29, 0.717) is 5.76 Å². The van der Waals surface area contributed by atoms with E-state index in [9.17, 15) is 9.59 Å². The summed E-state index contributed by atoms with van der Waals surface area (Å²) in [7, 11) is 0. The molecule has 0 aliphatic rings. The molecule has 0 aliphatic heterocycles. The van der Waals surface area contributed by atoms with Gasteiger partial charge in [-0.05, 0) is 12.1 Å². The molecule has 0 spiro atoms. The minimum atomic E-state index is -1.18. The first-order valence-electron chi connectivity index (χ1n) is 4.82. The number of carboxylic acids is 1. The van der Waals surface area contributed by atoms with E-state index in [-0.39, 0.29) is 17.7 Å². The number of nitrogens with two attached hydrogens (primary N) is 1. The third-order valence-electron chi connectivity index (χ3n) is 2.28. The number of carboxylic acid groups (broad SMARTS) is 1. The van der Waals surface area contributed by atoms with Crippen LogP contribution in [0.4, 0.5) is 0 Å². The Morgan fingerprint density at radius 3 is 2.94 bits per heavy atom. The summed E-state index contributed by atoms with van der Waals surface area (Å²) in [6, 6.07) is 2.06. The van der Waals surface area contributed by atoms with Crippen LogP contribution in [0, 0.1) is 0 Å². The topological polar surface area (TPSA) is 122 Å². The summed E-state index contributed by atoms with van der Waals surface area (Å²) < 4.78 is 10.0. The predicted molar refractivity (Wildman–Crippen MR) is 56.3 cm³/mol. The van der Waals surface area contributed by atoms with Crippen molar-refractivity contribution in [2.45, 2.75) is 12.5 Å². The smallest absolute Gasteiger partial charge is 0.320 e. The van der Waals surface area contributed by atoms with Crippen LogP contribution in [0.1, 0.15) is 5.56 Å². The molecule has 0 saturated carbocycles. The van der Waals surface area contributed by atoms with E-state index in [1.807, 2.05) is 0 Å². The van der Waals surface area contributed by atoms with Gasteiger partial charge in [-0.15, -0.1) is 0 Å². The molecule has 90 valence electrons. The monoisotopic (exact) mass is 238 g/mol. The van der Waals surface area contributed by atoms with Crippen molar-refractivity contribution in [3.63, 3.8) is 0 Å². The number of hydrogen-bond donors (Lipinski definition) is 3. The number of aromatic nitrogens is 1. The molecule has 7 heteroatoms. The van der Waals surface area contributed by atoms with Gasteiger partial charge < -0.3 is 19.8 Å². The predicted octanol–water partition coefficient (Wildman–Crippen LogP) is 0.182. The zero-order valence-electron chi connectivity index (χ0n) is 8.67. The highest BCUT2D eigenvalue weighted by Gasteiger charge is 2.22. The van der Waals surface area contributed by atoms with Crippen molar-refractivity contribution in [2.24, 2.45) is 5.73 Å². The minimum absolute atomic E-state index is 0.128. The van der Waals surface area contributed by atoms with E-state index >= 15 is 0 Å². The molecular formula is C10H10N2O5. The van der Waals surface area contributed by atoms with Gasteiger partial charge in [0.15, 0.2) is 5.76 Å². The molecule has 2 heterocycles. The Bertz CT molecular complexity index is 566. The fourth-order valence-corrected chi connectivity index (χ4v) is 1.42. The van der Waals surface area contributed by atoms with Crippen LogP contribution < -0.4 is 11.3 Å². The highest BCUT2D eigenvalue weighted by molar-refractivity contribution is 5.74. The van der Waals surface area contributed by atoms with Crippen molar-refractivity contribution < 1.29 is 18.8 Å². The van der Waals surface area contributed by atoms with E-state index in [4.69, 9.17) is 19.8 Å². The van der Waals surface area contributed by atoms with Gasteiger partial charge in [-0.1, -0.05) is 0 Å². The highest BCUT2D eigenvalue weighted by atomic mass is 16.5. The molecule has 0 radical (unpaired) electrons. The maximum Gasteiger partial charge on any atom is 0.320 e. The van der Waals surface area contributed by atoms with Crippen molar-refractivity contribution in [1.29, 1.82) is 0 Å².